The third kappa shape index (κ3) is 7.34. The molecule has 0 saturated heterocycles. The normalized spacial score (nSPS) is 18.0. The zero-order chi connectivity index (χ0) is 28.5. The van der Waals surface area contributed by atoms with Gasteiger partial charge in [-0.25, -0.2) is 17.9 Å². The predicted octanol–water partition coefficient (Wildman–Crippen LogP) is 2.00. The van der Waals surface area contributed by atoms with E-state index in [0.717, 1.165) is 18.7 Å². The van der Waals surface area contributed by atoms with Crippen LogP contribution < -0.4 is 10.0 Å². The van der Waals surface area contributed by atoms with E-state index in [1.807, 2.05) is 30.3 Å². The standard InChI is InChI=1S/C27H38N6O6S/c1-3-32(4-2)22-15-23(16-22)40(36,37)31-24(19-38-17-20-9-6-5-7-10-20)26-30-29-25-12-8-11-21(33(25)26)18-39-27(35)28-13-14-34/h5-12,22-24,31,34H,3-4,13-19H2,1-2H3,(H,28,35). The van der Waals surface area contributed by atoms with E-state index in [9.17, 15) is 13.2 Å². The summed E-state index contributed by atoms with van der Waals surface area (Å²) in [6.45, 7) is 5.99. The van der Waals surface area contributed by atoms with E-state index in [-0.39, 0.29) is 32.4 Å². The molecule has 1 fully saturated rings. The molecule has 0 radical (unpaired) electrons. The number of alkyl carbamates (subject to hydrolysis) is 1. The van der Waals surface area contributed by atoms with Gasteiger partial charge in [-0.2, -0.15) is 0 Å². The van der Waals surface area contributed by atoms with Gasteiger partial charge in [-0.05, 0) is 43.6 Å². The third-order valence-electron chi connectivity index (χ3n) is 7.12. The van der Waals surface area contributed by atoms with Crippen LogP contribution in [0, 0.1) is 0 Å². The molecule has 1 aliphatic carbocycles. The lowest BCUT2D eigenvalue weighted by Crippen LogP contribution is -2.53. The van der Waals surface area contributed by atoms with Gasteiger partial charge in [-0.15, -0.1) is 10.2 Å². The first-order valence-electron chi connectivity index (χ1n) is 13.6. The van der Waals surface area contributed by atoms with Crippen LogP contribution >= 0.6 is 0 Å². The molecule has 0 spiro atoms. The van der Waals surface area contributed by atoms with Crippen LogP contribution in [0.1, 0.15) is 49.8 Å². The van der Waals surface area contributed by atoms with E-state index >= 15 is 0 Å². The van der Waals surface area contributed by atoms with Crippen molar-refractivity contribution >= 4 is 21.8 Å². The molecule has 2 aromatic heterocycles. The summed E-state index contributed by atoms with van der Waals surface area (Å²) in [7, 11) is -3.70. The van der Waals surface area contributed by atoms with Crippen molar-refractivity contribution in [2.24, 2.45) is 0 Å². The average molecular weight is 575 g/mol. The van der Waals surface area contributed by atoms with Gasteiger partial charge >= 0.3 is 6.09 Å². The van der Waals surface area contributed by atoms with Crippen LogP contribution in [0.25, 0.3) is 5.65 Å². The lowest BCUT2D eigenvalue weighted by Gasteiger charge is -2.42. The summed E-state index contributed by atoms with van der Waals surface area (Å²) in [5, 5.41) is 19.4. The second kappa shape index (κ2) is 14.0. The van der Waals surface area contributed by atoms with E-state index in [1.54, 1.807) is 22.6 Å². The summed E-state index contributed by atoms with van der Waals surface area (Å²) < 4.78 is 42.8. The number of aliphatic hydroxyl groups excluding tert-OH is 1. The molecule has 13 heteroatoms. The number of amides is 1. The van der Waals surface area contributed by atoms with Gasteiger partial charge in [0.2, 0.25) is 10.0 Å². The van der Waals surface area contributed by atoms with Crippen molar-refractivity contribution in [2.45, 2.75) is 57.2 Å². The summed E-state index contributed by atoms with van der Waals surface area (Å²) in [6, 6.07) is 14.3. The second-order valence-electron chi connectivity index (χ2n) is 9.68. The molecule has 3 N–H and O–H groups in total. The first kappa shape index (κ1) is 29.9. The quantitative estimate of drug-likeness (QED) is 0.248. The molecule has 3 aromatic rings. The zero-order valence-electron chi connectivity index (χ0n) is 22.9. The number of fused-ring (bicyclic) bond motifs is 1. The Bertz CT molecular complexity index is 1340. The van der Waals surface area contributed by atoms with E-state index in [0.29, 0.717) is 36.6 Å². The Morgan fingerprint density at radius 1 is 1.10 bits per heavy atom. The smallest absolute Gasteiger partial charge is 0.407 e. The number of nitrogens with zero attached hydrogens (tertiary/aromatic N) is 4. The van der Waals surface area contributed by atoms with Gasteiger partial charge in [0.05, 0.1) is 30.8 Å². The SMILES string of the molecule is CCN(CC)C1CC(S(=O)(=O)NC(COCc2ccccc2)c2nnc3cccc(COC(=O)NCCO)n23)C1. The number of hydrogen-bond donors (Lipinski definition) is 3. The number of ether oxygens (including phenoxy) is 2. The van der Waals surface area contributed by atoms with Crippen LogP contribution in [0.15, 0.2) is 48.5 Å². The maximum atomic E-state index is 13.5. The summed E-state index contributed by atoms with van der Waals surface area (Å²) in [6.07, 6.45) is 0.450. The Morgan fingerprint density at radius 2 is 1.85 bits per heavy atom. The number of hydrogen-bond acceptors (Lipinski definition) is 9. The van der Waals surface area contributed by atoms with Crippen LogP contribution in [0.4, 0.5) is 4.79 Å². The van der Waals surface area contributed by atoms with Crippen LogP contribution in [-0.4, -0.2) is 83.3 Å². The number of sulfonamides is 1. The van der Waals surface area contributed by atoms with Gasteiger partial charge in [-0.1, -0.05) is 50.2 Å². The fraction of sp³-hybridized carbons (Fsp3) is 0.519. The molecule has 1 unspecified atom stereocenters. The first-order valence-corrected chi connectivity index (χ1v) is 15.1. The molecule has 1 atom stereocenters. The Morgan fingerprint density at radius 3 is 2.55 bits per heavy atom. The van der Waals surface area contributed by atoms with Crippen molar-refractivity contribution in [3.63, 3.8) is 0 Å². The number of carbonyl (C=O) groups excluding carboxylic acids is 1. The molecule has 1 aliphatic rings. The average Bonchev–Trinajstić information content (AvgIpc) is 3.37. The highest BCUT2D eigenvalue weighted by molar-refractivity contribution is 7.90. The van der Waals surface area contributed by atoms with E-state index < -0.39 is 27.4 Å². The van der Waals surface area contributed by atoms with Crippen molar-refractivity contribution in [1.82, 2.24) is 29.5 Å². The van der Waals surface area contributed by atoms with E-state index in [2.05, 4.69) is 39.0 Å². The van der Waals surface area contributed by atoms with Crippen LogP contribution in [-0.2, 0) is 32.7 Å². The summed E-state index contributed by atoms with van der Waals surface area (Å²) in [4.78, 5) is 14.2. The van der Waals surface area contributed by atoms with Crippen LogP contribution in [0.5, 0.6) is 0 Å². The topological polar surface area (TPSA) is 147 Å². The first-order chi connectivity index (χ1) is 19.4. The van der Waals surface area contributed by atoms with Crippen LogP contribution in [0.3, 0.4) is 0 Å². The zero-order valence-corrected chi connectivity index (χ0v) is 23.7. The molecule has 1 amide bonds. The highest BCUT2D eigenvalue weighted by Gasteiger charge is 2.42. The monoisotopic (exact) mass is 574 g/mol. The molecular weight excluding hydrogens is 536 g/mol. The second-order valence-corrected chi connectivity index (χ2v) is 11.7. The maximum Gasteiger partial charge on any atom is 0.407 e. The van der Waals surface area contributed by atoms with Crippen molar-refractivity contribution < 1.29 is 27.8 Å². The minimum atomic E-state index is -3.70. The Hall–Kier alpha value is -3.10. The predicted molar refractivity (Wildman–Crippen MR) is 149 cm³/mol. The van der Waals surface area contributed by atoms with Crippen LogP contribution in [0.2, 0.25) is 0 Å². The summed E-state index contributed by atoms with van der Waals surface area (Å²) in [5.41, 5.74) is 1.98. The lowest BCUT2D eigenvalue weighted by molar-refractivity contribution is 0.101. The molecule has 1 saturated carbocycles. The number of benzene rings is 1. The molecular formula is C27H38N6O6S. The molecule has 0 bridgehead atoms. The Kier molecular flexibility index (Phi) is 10.5. The van der Waals surface area contributed by atoms with Crippen molar-refractivity contribution in [1.29, 1.82) is 0 Å². The van der Waals surface area contributed by atoms with Gasteiger partial charge < -0.3 is 24.8 Å². The highest BCUT2D eigenvalue weighted by atomic mass is 32.2. The van der Waals surface area contributed by atoms with Gasteiger partial charge in [0.25, 0.3) is 0 Å². The maximum absolute atomic E-state index is 13.5. The summed E-state index contributed by atoms with van der Waals surface area (Å²) in [5.74, 6) is 0.334. The number of aromatic nitrogens is 3. The van der Waals surface area contributed by atoms with Crippen molar-refractivity contribution in [3.8, 4) is 0 Å². The van der Waals surface area contributed by atoms with Crippen molar-refractivity contribution in [2.75, 3.05) is 32.8 Å². The number of pyridine rings is 1. The van der Waals surface area contributed by atoms with E-state index in [4.69, 9.17) is 14.6 Å². The molecule has 1 aromatic carbocycles. The van der Waals surface area contributed by atoms with Crippen molar-refractivity contribution in [3.05, 3.63) is 65.6 Å². The van der Waals surface area contributed by atoms with Gasteiger partial charge in [0.1, 0.15) is 12.6 Å². The van der Waals surface area contributed by atoms with Gasteiger partial charge in [0.15, 0.2) is 11.5 Å². The van der Waals surface area contributed by atoms with Gasteiger partial charge in [-0.3, -0.25) is 4.40 Å². The third-order valence-corrected chi connectivity index (χ3v) is 8.99. The fourth-order valence-electron chi connectivity index (χ4n) is 4.87. The lowest BCUT2D eigenvalue weighted by atomic mass is 9.91. The number of nitrogens with one attached hydrogen (secondary N) is 2. The fourth-order valence-corrected chi connectivity index (χ4v) is 6.59. The molecule has 218 valence electrons. The number of carbonyl (C=O) groups is 1. The Balaban J connectivity index is 1.56. The largest absolute Gasteiger partial charge is 0.443 e. The number of rotatable bonds is 15. The molecule has 2 heterocycles. The number of aliphatic hydroxyl groups is 1. The minimum absolute atomic E-state index is 0.0211. The molecule has 12 nitrogen and oxygen atoms in total. The summed E-state index contributed by atoms with van der Waals surface area (Å²) >= 11 is 0. The minimum Gasteiger partial charge on any atom is -0.443 e. The Labute approximate surface area is 234 Å². The molecule has 0 aliphatic heterocycles. The van der Waals surface area contributed by atoms with Gasteiger partial charge in [0, 0.05) is 12.6 Å². The molecule has 40 heavy (non-hydrogen) atoms. The van der Waals surface area contributed by atoms with E-state index in [1.165, 1.54) is 0 Å². The highest BCUT2D eigenvalue weighted by Crippen LogP contribution is 2.32. The molecule has 4 rings (SSSR count).